The molecule has 0 spiro atoms. The molecule has 1 nitrogen and oxygen atoms in total. The van der Waals surface area contributed by atoms with E-state index in [2.05, 4.69) is 12.6 Å². The second kappa shape index (κ2) is 3.57. The highest BCUT2D eigenvalue weighted by atomic mass is 35.5. The van der Waals surface area contributed by atoms with Gasteiger partial charge in [-0.25, -0.2) is 0 Å². The molecule has 0 aliphatic carbocycles. The first-order valence-corrected chi connectivity index (χ1v) is 4.07. The molecule has 0 unspecified atom stereocenters. The topological polar surface area (TPSA) is 9.23 Å². The summed E-state index contributed by atoms with van der Waals surface area (Å²) >= 11 is 15.6. The molecule has 0 radical (unpaired) electrons. The predicted octanol–water partition coefficient (Wildman–Crippen LogP) is 3.29. The molecule has 0 N–H and O–H groups in total. The monoisotopic (exact) mass is 208 g/mol. The Hall–Kier alpha value is -0.0500. The van der Waals surface area contributed by atoms with Gasteiger partial charge in [0.2, 0.25) is 0 Å². The Bertz CT molecular complexity index is 275. The van der Waals surface area contributed by atoms with Gasteiger partial charge in [-0.1, -0.05) is 23.2 Å². The van der Waals surface area contributed by atoms with E-state index in [1.54, 1.807) is 12.1 Å². The summed E-state index contributed by atoms with van der Waals surface area (Å²) in [6.07, 6.45) is 0. The maximum Gasteiger partial charge on any atom is 0.140 e. The summed E-state index contributed by atoms with van der Waals surface area (Å²) < 4.78 is 4.94. The van der Waals surface area contributed by atoms with E-state index in [-0.39, 0.29) is 0 Å². The van der Waals surface area contributed by atoms with E-state index in [1.165, 1.54) is 7.11 Å². The standard InChI is InChI=1S/C7H6Cl2OS/c1-10-6-3-4(11)2-5(8)7(6)9/h2-3,11H,1H3. The van der Waals surface area contributed by atoms with Gasteiger partial charge in [-0.05, 0) is 12.1 Å². The number of rotatable bonds is 1. The van der Waals surface area contributed by atoms with Crippen molar-refractivity contribution in [2.45, 2.75) is 4.90 Å². The van der Waals surface area contributed by atoms with Crippen LogP contribution < -0.4 is 4.74 Å². The lowest BCUT2D eigenvalue weighted by molar-refractivity contribution is 0.414. The van der Waals surface area contributed by atoms with Crippen molar-refractivity contribution in [2.24, 2.45) is 0 Å². The Balaban J connectivity index is 3.24. The molecule has 0 amide bonds. The highest BCUT2D eigenvalue weighted by Gasteiger charge is 2.05. The number of benzene rings is 1. The summed E-state index contributed by atoms with van der Waals surface area (Å²) in [6, 6.07) is 3.37. The minimum atomic E-state index is 0.423. The minimum Gasteiger partial charge on any atom is -0.495 e. The van der Waals surface area contributed by atoms with Crippen LogP contribution in [0.25, 0.3) is 0 Å². The van der Waals surface area contributed by atoms with E-state index in [1.807, 2.05) is 0 Å². The highest BCUT2D eigenvalue weighted by Crippen LogP contribution is 2.34. The van der Waals surface area contributed by atoms with E-state index in [0.29, 0.717) is 15.8 Å². The maximum atomic E-state index is 5.77. The van der Waals surface area contributed by atoms with Gasteiger partial charge in [0.1, 0.15) is 10.8 Å². The summed E-state index contributed by atoms with van der Waals surface area (Å²) in [5, 5.41) is 0.878. The number of thiol groups is 1. The van der Waals surface area contributed by atoms with Crippen LogP contribution >= 0.6 is 35.8 Å². The number of ether oxygens (including phenoxy) is 1. The van der Waals surface area contributed by atoms with Crippen LogP contribution in [-0.2, 0) is 0 Å². The average Bonchev–Trinajstić information content (AvgIpc) is 1.96. The van der Waals surface area contributed by atoms with Crippen LogP contribution in [0, 0.1) is 0 Å². The molecular formula is C7H6Cl2OS. The molecule has 11 heavy (non-hydrogen) atoms. The molecule has 1 rings (SSSR count). The van der Waals surface area contributed by atoms with Crippen LogP contribution in [0.3, 0.4) is 0 Å². The first kappa shape index (κ1) is 9.04. The molecule has 1 aromatic rings. The molecule has 4 heteroatoms. The second-order valence-corrected chi connectivity index (χ2v) is 3.25. The van der Waals surface area contributed by atoms with E-state index in [4.69, 9.17) is 27.9 Å². The predicted molar refractivity (Wildman–Crippen MR) is 50.3 cm³/mol. The quantitative estimate of drug-likeness (QED) is 0.698. The molecule has 0 heterocycles. The fraction of sp³-hybridized carbons (Fsp3) is 0.143. The van der Waals surface area contributed by atoms with Crippen LogP contribution in [0.2, 0.25) is 10.0 Å². The van der Waals surface area contributed by atoms with Crippen molar-refractivity contribution in [3.63, 3.8) is 0 Å². The van der Waals surface area contributed by atoms with Gasteiger partial charge in [0.25, 0.3) is 0 Å². The molecule has 0 aliphatic heterocycles. The molecule has 0 fully saturated rings. The molecular weight excluding hydrogens is 203 g/mol. The summed E-state index contributed by atoms with van der Waals surface area (Å²) in [5.41, 5.74) is 0. The first-order chi connectivity index (χ1) is 5.15. The third-order valence-corrected chi connectivity index (χ3v) is 2.24. The highest BCUT2D eigenvalue weighted by molar-refractivity contribution is 7.80. The van der Waals surface area contributed by atoms with Crippen LogP contribution in [0.4, 0.5) is 0 Å². The number of hydrogen-bond donors (Lipinski definition) is 1. The lowest BCUT2D eigenvalue weighted by Gasteiger charge is -2.04. The van der Waals surface area contributed by atoms with Crippen molar-refractivity contribution in [3.05, 3.63) is 22.2 Å². The second-order valence-electron chi connectivity index (χ2n) is 1.94. The van der Waals surface area contributed by atoms with Crippen LogP contribution in [0.15, 0.2) is 17.0 Å². The fourth-order valence-corrected chi connectivity index (χ4v) is 1.42. The van der Waals surface area contributed by atoms with Crippen molar-refractivity contribution in [3.8, 4) is 5.75 Å². The normalized spacial score (nSPS) is 9.82. The first-order valence-electron chi connectivity index (χ1n) is 2.87. The van der Waals surface area contributed by atoms with Gasteiger partial charge < -0.3 is 4.74 Å². The molecule has 0 bridgehead atoms. The molecule has 0 aliphatic rings. The average molecular weight is 209 g/mol. The summed E-state index contributed by atoms with van der Waals surface area (Å²) in [6.45, 7) is 0. The lowest BCUT2D eigenvalue weighted by Crippen LogP contribution is -1.84. The van der Waals surface area contributed by atoms with Gasteiger partial charge in [-0.2, -0.15) is 0 Å². The van der Waals surface area contributed by atoms with Crippen molar-refractivity contribution >= 4 is 35.8 Å². The third-order valence-electron chi connectivity index (χ3n) is 1.20. The fourth-order valence-electron chi connectivity index (χ4n) is 0.699. The Labute approximate surface area is 80.7 Å². The number of halogens is 2. The molecule has 1 aromatic carbocycles. The van der Waals surface area contributed by atoms with Gasteiger partial charge in [0.05, 0.1) is 12.1 Å². The number of methoxy groups -OCH3 is 1. The van der Waals surface area contributed by atoms with Crippen molar-refractivity contribution in [1.82, 2.24) is 0 Å². The van der Waals surface area contributed by atoms with Crippen LogP contribution in [0.5, 0.6) is 5.75 Å². The molecule has 0 saturated heterocycles. The molecule has 60 valence electrons. The van der Waals surface area contributed by atoms with E-state index in [0.717, 1.165) is 4.90 Å². The van der Waals surface area contributed by atoms with E-state index in [9.17, 15) is 0 Å². The van der Waals surface area contributed by atoms with E-state index >= 15 is 0 Å². The third kappa shape index (κ3) is 1.95. The largest absolute Gasteiger partial charge is 0.495 e. The summed E-state index contributed by atoms with van der Waals surface area (Å²) in [5.74, 6) is 0.546. The summed E-state index contributed by atoms with van der Waals surface area (Å²) in [7, 11) is 1.53. The molecule has 0 atom stereocenters. The minimum absolute atomic E-state index is 0.423. The Kier molecular flexibility index (Phi) is 2.93. The Morgan fingerprint density at radius 3 is 2.55 bits per heavy atom. The van der Waals surface area contributed by atoms with E-state index < -0.39 is 0 Å². The SMILES string of the molecule is COc1cc(S)cc(Cl)c1Cl. The lowest BCUT2D eigenvalue weighted by atomic mass is 10.3. The van der Waals surface area contributed by atoms with Gasteiger partial charge in [0.15, 0.2) is 0 Å². The molecule has 0 aromatic heterocycles. The van der Waals surface area contributed by atoms with Gasteiger partial charge in [0, 0.05) is 4.90 Å². The van der Waals surface area contributed by atoms with Crippen molar-refractivity contribution in [1.29, 1.82) is 0 Å². The smallest absolute Gasteiger partial charge is 0.140 e. The molecule has 0 saturated carbocycles. The zero-order valence-electron chi connectivity index (χ0n) is 5.77. The maximum absolute atomic E-state index is 5.77. The Morgan fingerprint density at radius 1 is 1.36 bits per heavy atom. The number of hydrogen-bond acceptors (Lipinski definition) is 2. The van der Waals surface area contributed by atoms with Crippen LogP contribution in [-0.4, -0.2) is 7.11 Å². The van der Waals surface area contributed by atoms with Crippen LogP contribution in [0.1, 0.15) is 0 Å². The van der Waals surface area contributed by atoms with Crippen molar-refractivity contribution < 1.29 is 4.74 Å². The van der Waals surface area contributed by atoms with Crippen molar-refractivity contribution in [2.75, 3.05) is 7.11 Å². The zero-order chi connectivity index (χ0) is 8.43. The van der Waals surface area contributed by atoms with Gasteiger partial charge >= 0.3 is 0 Å². The Morgan fingerprint density at radius 2 is 2.00 bits per heavy atom. The van der Waals surface area contributed by atoms with Gasteiger partial charge in [-0.3, -0.25) is 0 Å². The zero-order valence-corrected chi connectivity index (χ0v) is 8.17. The summed E-state index contributed by atoms with van der Waals surface area (Å²) in [4.78, 5) is 0.733. The van der Waals surface area contributed by atoms with Gasteiger partial charge in [-0.15, -0.1) is 12.6 Å².